The number of hydrogen-bond donors (Lipinski definition) is 0. The highest BCUT2D eigenvalue weighted by Crippen LogP contribution is 2.54. The van der Waals surface area contributed by atoms with Crippen LogP contribution >= 0.6 is 0 Å². The first-order valence-corrected chi connectivity index (χ1v) is 7.24. The van der Waals surface area contributed by atoms with Crippen molar-refractivity contribution in [2.75, 3.05) is 0 Å². The van der Waals surface area contributed by atoms with Crippen LogP contribution in [0.25, 0.3) is 0 Å². The molecule has 2 rings (SSSR count). The minimum atomic E-state index is -0.282. The van der Waals surface area contributed by atoms with E-state index < -0.39 is 0 Å². The molecule has 0 heterocycles. The van der Waals surface area contributed by atoms with Crippen molar-refractivity contribution in [2.45, 2.75) is 59.5 Å². The van der Waals surface area contributed by atoms with Gasteiger partial charge in [-0.2, -0.15) is 0 Å². The Morgan fingerprint density at radius 1 is 1.32 bits per heavy atom. The largest absolute Gasteiger partial charge is 0.462 e. The molecule has 19 heavy (non-hydrogen) atoms. The van der Waals surface area contributed by atoms with Gasteiger partial charge in [-0.25, -0.2) is 0 Å². The van der Waals surface area contributed by atoms with Crippen LogP contribution in [0.4, 0.5) is 0 Å². The summed E-state index contributed by atoms with van der Waals surface area (Å²) in [6.45, 7) is 7.47. The van der Waals surface area contributed by atoms with Crippen LogP contribution in [0.2, 0.25) is 0 Å². The molecule has 0 spiro atoms. The maximum absolute atomic E-state index is 12.2. The average Bonchev–Trinajstić information content (AvgIpc) is 2.29. The number of rotatable bonds is 2. The lowest BCUT2D eigenvalue weighted by molar-refractivity contribution is -0.158. The minimum Gasteiger partial charge on any atom is -0.462 e. The Morgan fingerprint density at radius 2 is 2.00 bits per heavy atom. The molecular formula is C16H24O3. The third-order valence-corrected chi connectivity index (χ3v) is 5.18. The first-order chi connectivity index (χ1) is 8.87. The molecule has 2 aliphatic carbocycles. The molecule has 0 saturated heterocycles. The van der Waals surface area contributed by atoms with Crippen LogP contribution in [0.3, 0.4) is 0 Å². The number of ketones is 1. The standard InChI is InChI=1S/C16H24O3/c1-10-6-5-7-13-8-9-14(19-12(3)18)15(11(2)17)16(10,13)4/h7,10,14-15H,5-6,8-9H2,1-4H3. The minimum absolute atomic E-state index is 0.136. The highest BCUT2D eigenvalue weighted by Gasteiger charge is 2.52. The molecule has 3 heteroatoms. The van der Waals surface area contributed by atoms with E-state index in [1.54, 1.807) is 6.92 Å². The SMILES string of the molecule is CC(=O)OC1CCC2=CCCC(C)C2(C)C1C(C)=O. The molecule has 1 fully saturated rings. The normalized spacial score (nSPS) is 38.1. The summed E-state index contributed by atoms with van der Waals surface area (Å²) in [5.41, 5.74) is 1.26. The molecule has 1 saturated carbocycles. The third kappa shape index (κ3) is 2.35. The zero-order valence-electron chi connectivity index (χ0n) is 12.4. The lowest BCUT2D eigenvalue weighted by Gasteiger charge is -2.51. The van der Waals surface area contributed by atoms with Gasteiger partial charge in [0, 0.05) is 12.3 Å². The zero-order chi connectivity index (χ0) is 14.2. The van der Waals surface area contributed by atoms with Crippen LogP contribution in [0.5, 0.6) is 0 Å². The first-order valence-electron chi connectivity index (χ1n) is 7.24. The lowest BCUT2D eigenvalue weighted by Crippen LogP contribution is -2.51. The van der Waals surface area contributed by atoms with Crippen molar-refractivity contribution in [1.82, 2.24) is 0 Å². The number of esters is 1. The molecule has 0 N–H and O–H groups in total. The van der Waals surface area contributed by atoms with Crippen LogP contribution in [-0.2, 0) is 14.3 Å². The summed E-state index contributed by atoms with van der Waals surface area (Å²) in [4.78, 5) is 23.5. The van der Waals surface area contributed by atoms with Crippen LogP contribution < -0.4 is 0 Å². The van der Waals surface area contributed by atoms with E-state index in [1.165, 1.54) is 12.5 Å². The Balaban J connectivity index is 2.39. The van der Waals surface area contributed by atoms with Gasteiger partial charge in [0.2, 0.25) is 0 Å². The van der Waals surface area contributed by atoms with E-state index in [0.717, 1.165) is 25.7 Å². The molecule has 0 aromatic rings. The molecule has 106 valence electrons. The Labute approximate surface area is 115 Å². The number of Topliss-reactive ketones (excluding diaryl/α,β-unsaturated/α-hetero) is 1. The van der Waals surface area contributed by atoms with Gasteiger partial charge >= 0.3 is 5.97 Å². The van der Waals surface area contributed by atoms with E-state index in [0.29, 0.717) is 5.92 Å². The van der Waals surface area contributed by atoms with Crippen molar-refractivity contribution in [3.05, 3.63) is 11.6 Å². The van der Waals surface area contributed by atoms with Crippen molar-refractivity contribution in [3.63, 3.8) is 0 Å². The van der Waals surface area contributed by atoms with Gasteiger partial charge in [-0.1, -0.05) is 25.5 Å². The number of allylic oxidation sites excluding steroid dienone is 2. The molecule has 4 atom stereocenters. The highest BCUT2D eigenvalue weighted by atomic mass is 16.5. The molecule has 0 aromatic heterocycles. The van der Waals surface area contributed by atoms with Crippen LogP contribution in [-0.4, -0.2) is 17.9 Å². The maximum Gasteiger partial charge on any atom is 0.302 e. The van der Waals surface area contributed by atoms with Crippen molar-refractivity contribution in [3.8, 4) is 0 Å². The summed E-state index contributed by atoms with van der Waals surface area (Å²) < 4.78 is 5.44. The Morgan fingerprint density at radius 3 is 2.58 bits per heavy atom. The van der Waals surface area contributed by atoms with Crippen LogP contribution in [0.1, 0.15) is 53.4 Å². The van der Waals surface area contributed by atoms with Crippen molar-refractivity contribution in [1.29, 1.82) is 0 Å². The van der Waals surface area contributed by atoms with Crippen LogP contribution in [0, 0.1) is 17.3 Å². The van der Waals surface area contributed by atoms with E-state index in [1.807, 2.05) is 0 Å². The van der Waals surface area contributed by atoms with E-state index in [2.05, 4.69) is 19.9 Å². The Bertz CT molecular complexity index is 424. The quantitative estimate of drug-likeness (QED) is 0.568. The molecule has 0 aliphatic heterocycles. The molecule has 3 nitrogen and oxygen atoms in total. The molecule has 4 unspecified atom stereocenters. The van der Waals surface area contributed by atoms with Crippen molar-refractivity contribution < 1.29 is 14.3 Å². The summed E-state index contributed by atoms with van der Waals surface area (Å²) in [5, 5.41) is 0. The van der Waals surface area contributed by atoms with Gasteiger partial charge in [0.15, 0.2) is 0 Å². The number of carbonyl (C=O) groups excluding carboxylic acids is 2. The zero-order valence-corrected chi connectivity index (χ0v) is 12.4. The van der Waals surface area contributed by atoms with Gasteiger partial charge in [0.25, 0.3) is 0 Å². The van der Waals surface area contributed by atoms with Gasteiger partial charge < -0.3 is 4.74 Å². The number of fused-ring (bicyclic) bond motifs is 1. The lowest BCUT2D eigenvalue weighted by atomic mass is 9.54. The smallest absolute Gasteiger partial charge is 0.302 e. The Kier molecular flexibility index (Phi) is 3.84. The first kappa shape index (κ1) is 14.3. The second-order valence-electron chi connectivity index (χ2n) is 6.27. The average molecular weight is 264 g/mol. The van der Waals surface area contributed by atoms with E-state index in [-0.39, 0.29) is 29.2 Å². The predicted octanol–water partition coefficient (Wildman–Crippen LogP) is 3.28. The summed E-state index contributed by atoms with van der Waals surface area (Å²) in [6.07, 6.45) is 5.99. The van der Waals surface area contributed by atoms with Gasteiger partial charge in [-0.3, -0.25) is 9.59 Å². The molecule has 0 bridgehead atoms. The number of ether oxygens (including phenoxy) is 1. The van der Waals surface area contributed by atoms with E-state index >= 15 is 0 Å². The second-order valence-corrected chi connectivity index (χ2v) is 6.27. The highest BCUT2D eigenvalue weighted by molar-refractivity contribution is 5.81. The topological polar surface area (TPSA) is 43.4 Å². The maximum atomic E-state index is 12.2. The molecule has 0 radical (unpaired) electrons. The summed E-state index contributed by atoms with van der Waals surface area (Å²) >= 11 is 0. The van der Waals surface area contributed by atoms with Gasteiger partial charge in [0.1, 0.15) is 11.9 Å². The fourth-order valence-corrected chi connectivity index (χ4v) is 4.10. The van der Waals surface area contributed by atoms with E-state index in [9.17, 15) is 9.59 Å². The molecule has 2 aliphatic rings. The molecule has 0 amide bonds. The molecule has 0 aromatic carbocycles. The van der Waals surface area contributed by atoms with Crippen molar-refractivity contribution >= 4 is 11.8 Å². The summed E-state index contributed by atoms with van der Waals surface area (Å²) in [7, 11) is 0. The number of hydrogen-bond acceptors (Lipinski definition) is 3. The van der Waals surface area contributed by atoms with Gasteiger partial charge in [0.05, 0.1) is 5.92 Å². The number of carbonyl (C=O) groups is 2. The van der Waals surface area contributed by atoms with Gasteiger partial charge in [-0.15, -0.1) is 0 Å². The van der Waals surface area contributed by atoms with E-state index in [4.69, 9.17) is 4.74 Å². The predicted molar refractivity (Wildman–Crippen MR) is 73.5 cm³/mol. The van der Waals surface area contributed by atoms with Gasteiger partial charge in [-0.05, 0) is 38.5 Å². The van der Waals surface area contributed by atoms with Crippen molar-refractivity contribution in [2.24, 2.45) is 17.3 Å². The third-order valence-electron chi connectivity index (χ3n) is 5.18. The Hall–Kier alpha value is -1.12. The molecular weight excluding hydrogens is 240 g/mol. The summed E-state index contributed by atoms with van der Waals surface area (Å²) in [5.74, 6) is 0.135. The summed E-state index contributed by atoms with van der Waals surface area (Å²) in [6, 6.07) is 0. The second kappa shape index (κ2) is 5.10. The fourth-order valence-electron chi connectivity index (χ4n) is 4.10. The van der Waals surface area contributed by atoms with Crippen LogP contribution in [0.15, 0.2) is 11.6 Å². The fraction of sp³-hybridized carbons (Fsp3) is 0.750. The monoisotopic (exact) mass is 264 g/mol.